The average molecular weight is 386 g/mol. The number of alkyl carbamates (subject to hydrolysis) is 1. The number of nitrogens with one attached hydrogen (secondary N) is 1. The van der Waals surface area contributed by atoms with Gasteiger partial charge < -0.3 is 4.74 Å². The van der Waals surface area contributed by atoms with Crippen LogP contribution in [-0.4, -0.2) is 18.5 Å². The van der Waals surface area contributed by atoms with E-state index in [0.717, 1.165) is 23.7 Å². The number of carbonyl (C=O) groups is 2. The molecule has 1 N–H and O–H groups in total. The summed E-state index contributed by atoms with van der Waals surface area (Å²) in [6.45, 7) is 4.60. The van der Waals surface area contributed by atoms with Crippen LogP contribution in [0.4, 0.5) is 4.79 Å². The van der Waals surface area contributed by atoms with E-state index in [9.17, 15) is 9.59 Å². The molecule has 5 unspecified atom stereocenters. The Morgan fingerprint density at radius 1 is 1.04 bits per heavy atom. The van der Waals surface area contributed by atoms with E-state index in [1.807, 2.05) is 26.0 Å². The third kappa shape index (κ3) is 3.92. The molecule has 28 heavy (non-hydrogen) atoms. The van der Waals surface area contributed by atoms with Gasteiger partial charge in [0, 0.05) is 17.7 Å². The molecule has 0 aromatic heterocycles. The first-order valence-corrected chi connectivity index (χ1v) is 11.4. The van der Waals surface area contributed by atoms with Crippen LogP contribution in [0.1, 0.15) is 65.2 Å². The van der Waals surface area contributed by atoms with E-state index in [1.165, 1.54) is 57.4 Å². The number of rotatable bonds is 4. The fourth-order valence-electron chi connectivity index (χ4n) is 6.62. The van der Waals surface area contributed by atoms with Gasteiger partial charge >= 0.3 is 6.09 Å². The van der Waals surface area contributed by atoms with Gasteiger partial charge in [-0.1, -0.05) is 45.6 Å². The molecule has 5 atom stereocenters. The summed E-state index contributed by atoms with van der Waals surface area (Å²) >= 11 is 0. The topological polar surface area (TPSA) is 55.4 Å². The Balaban J connectivity index is 1.34. The molecule has 4 aliphatic carbocycles. The maximum absolute atomic E-state index is 12.4. The predicted octanol–water partition coefficient (Wildman–Crippen LogP) is 5.25. The molecule has 4 rings (SSSR count). The zero-order valence-electron chi connectivity index (χ0n) is 17.4. The van der Waals surface area contributed by atoms with Gasteiger partial charge in [0.15, 0.2) is 5.78 Å². The summed E-state index contributed by atoms with van der Waals surface area (Å²) in [6.07, 6.45) is 15.6. The lowest BCUT2D eigenvalue weighted by Crippen LogP contribution is -2.31. The summed E-state index contributed by atoms with van der Waals surface area (Å²) in [7, 11) is 0. The van der Waals surface area contributed by atoms with Gasteiger partial charge in [-0.3, -0.25) is 10.1 Å². The molecule has 0 aliphatic heterocycles. The van der Waals surface area contributed by atoms with Gasteiger partial charge in [0.2, 0.25) is 0 Å². The Bertz CT molecular complexity index is 643. The van der Waals surface area contributed by atoms with E-state index in [2.05, 4.69) is 5.32 Å². The van der Waals surface area contributed by atoms with E-state index in [1.54, 1.807) is 0 Å². The Labute approximate surface area is 169 Å². The normalized spacial score (nSPS) is 37.2. The second-order valence-corrected chi connectivity index (χ2v) is 9.74. The van der Waals surface area contributed by atoms with Crippen molar-refractivity contribution < 1.29 is 14.3 Å². The number of hydrogen-bond donors (Lipinski definition) is 1. The number of carbonyl (C=O) groups excluding carboxylic acids is 2. The van der Waals surface area contributed by atoms with E-state index in [4.69, 9.17) is 4.74 Å². The quantitative estimate of drug-likeness (QED) is 0.719. The van der Waals surface area contributed by atoms with Crippen LogP contribution in [0.5, 0.6) is 0 Å². The molecular weight excluding hydrogens is 350 g/mol. The van der Waals surface area contributed by atoms with Gasteiger partial charge in [-0.05, 0) is 67.3 Å². The molecule has 0 heterocycles. The average Bonchev–Trinajstić information content (AvgIpc) is 3.00. The summed E-state index contributed by atoms with van der Waals surface area (Å²) in [4.78, 5) is 24.6. The first-order chi connectivity index (χ1) is 13.5. The van der Waals surface area contributed by atoms with Gasteiger partial charge in [0.25, 0.3) is 0 Å². The third-order valence-electron chi connectivity index (χ3n) is 7.88. The largest absolute Gasteiger partial charge is 0.449 e. The highest BCUT2D eigenvalue weighted by Crippen LogP contribution is 2.57. The minimum atomic E-state index is -0.418. The highest BCUT2D eigenvalue weighted by Gasteiger charge is 2.51. The molecule has 0 aromatic rings. The van der Waals surface area contributed by atoms with Crippen molar-refractivity contribution in [3.05, 3.63) is 23.9 Å². The molecule has 4 aliphatic rings. The van der Waals surface area contributed by atoms with Crippen LogP contribution < -0.4 is 5.32 Å². The van der Waals surface area contributed by atoms with Crippen molar-refractivity contribution in [3.63, 3.8) is 0 Å². The monoisotopic (exact) mass is 385 g/mol. The molecule has 4 heteroatoms. The van der Waals surface area contributed by atoms with Gasteiger partial charge in [-0.2, -0.15) is 0 Å². The Hall–Kier alpha value is -1.58. The molecule has 3 fully saturated rings. The standard InChI is InChI=1S/C24H35NO3/c1-15(2)17-12-11-16(13-23(17)26)25-24(27)28-14-22-20-9-5-3-7-18(20)19-8-4-6-10-21(19)22/h11-13,15,17-22H,3-10,14H2,1-2H3,(H,25,27). The zero-order chi connectivity index (χ0) is 19.7. The number of hydrogen-bond acceptors (Lipinski definition) is 3. The fourth-order valence-corrected chi connectivity index (χ4v) is 6.62. The van der Waals surface area contributed by atoms with Crippen molar-refractivity contribution in [3.8, 4) is 0 Å². The summed E-state index contributed by atoms with van der Waals surface area (Å²) in [5.74, 6) is 3.99. The highest BCUT2D eigenvalue weighted by molar-refractivity contribution is 5.96. The van der Waals surface area contributed by atoms with Crippen LogP contribution in [0.2, 0.25) is 0 Å². The molecule has 4 nitrogen and oxygen atoms in total. The van der Waals surface area contributed by atoms with Crippen molar-refractivity contribution in [2.24, 2.45) is 41.4 Å². The second-order valence-electron chi connectivity index (χ2n) is 9.74. The predicted molar refractivity (Wildman–Crippen MR) is 109 cm³/mol. The van der Waals surface area contributed by atoms with Gasteiger partial charge in [0.05, 0.1) is 6.61 Å². The third-order valence-corrected chi connectivity index (χ3v) is 7.88. The Morgan fingerprint density at radius 2 is 1.61 bits per heavy atom. The maximum atomic E-state index is 12.4. The molecule has 3 saturated carbocycles. The van der Waals surface area contributed by atoms with E-state index < -0.39 is 6.09 Å². The summed E-state index contributed by atoms with van der Waals surface area (Å²) in [5.41, 5.74) is 0.546. The van der Waals surface area contributed by atoms with E-state index in [-0.39, 0.29) is 17.6 Å². The zero-order valence-corrected chi connectivity index (χ0v) is 17.4. The summed E-state index contributed by atoms with van der Waals surface area (Å²) in [5, 5.41) is 2.77. The number of ether oxygens (including phenoxy) is 1. The second kappa shape index (κ2) is 8.42. The van der Waals surface area contributed by atoms with Crippen LogP contribution in [-0.2, 0) is 9.53 Å². The number of allylic oxidation sites excluding steroid dienone is 3. The van der Waals surface area contributed by atoms with Crippen molar-refractivity contribution in [2.75, 3.05) is 6.61 Å². The van der Waals surface area contributed by atoms with Crippen LogP contribution in [0.3, 0.4) is 0 Å². The Morgan fingerprint density at radius 3 is 2.14 bits per heavy atom. The SMILES string of the molecule is CC(C)C1C=CC(NC(=O)OCC2C3CCCCC3C3CCCCC32)=CC1=O. The lowest BCUT2D eigenvalue weighted by atomic mass is 9.73. The highest BCUT2D eigenvalue weighted by atomic mass is 16.5. The minimum absolute atomic E-state index is 0.0543. The van der Waals surface area contributed by atoms with Gasteiger partial charge in [0.1, 0.15) is 0 Å². The van der Waals surface area contributed by atoms with Crippen molar-refractivity contribution in [2.45, 2.75) is 65.2 Å². The van der Waals surface area contributed by atoms with Crippen LogP contribution in [0.15, 0.2) is 23.9 Å². The van der Waals surface area contributed by atoms with Crippen molar-refractivity contribution in [1.82, 2.24) is 5.32 Å². The first-order valence-electron chi connectivity index (χ1n) is 11.4. The number of amides is 1. The van der Waals surface area contributed by atoms with Crippen molar-refractivity contribution >= 4 is 11.9 Å². The molecule has 0 saturated heterocycles. The number of fused-ring (bicyclic) bond motifs is 3. The molecule has 0 radical (unpaired) electrons. The summed E-state index contributed by atoms with van der Waals surface area (Å²) < 4.78 is 5.70. The van der Waals surface area contributed by atoms with Gasteiger partial charge in [-0.25, -0.2) is 4.79 Å². The van der Waals surface area contributed by atoms with Crippen LogP contribution >= 0.6 is 0 Å². The number of ketones is 1. The molecule has 1 amide bonds. The smallest absolute Gasteiger partial charge is 0.411 e. The maximum Gasteiger partial charge on any atom is 0.411 e. The molecular formula is C24H35NO3. The van der Waals surface area contributed by atoms with Crippen LogP contribution in [0, 0.1) is 41.4 Å². The van der Waals surface area contributed by atoms with E-state index in [0.29, 0.717) is 18.2 Å². The first kappa shape index (κ1) is 19.7. The molecule has 0 bridgehead atoms. The molecule has 0 spiro atoms. The molecule has 0 aromatic carbocycles. The minimum Gasteiger partial charge on any atom is -0.449 e. The lowest BCUT2D eigenvalue weighted by Gasteiger charge is -2.32. The lowest BCUT2D eigenvalue weighted by molar-refractivity contribution is -0.118. The van der Waals surface area contributed by atoms with Crippen LogP contribution in [0.25, 0.3) is 0 Å². The molecule has 154 valence electrons. The summed E-state index contributed by atoms with van der Waals surface area (Å²) in [6, 6.07) is 0. The Kier molecular flexibility index (Phi) is 5.93. The fraction of sp³-hybridized carbons (Fsp3) is 0.750. The van der Waals surface area contributed by atoms with Gasteiger partial charge in [-0.15, -0.1) is 0 Å². The van der Waals surface area contributed by atoms with E-state index >= 15 is 0 Å². The van der Waals surface area contributed by atoms with Crippen molar-refractivity contribution in [1.29, 1.82) is 0 Å².